The molecule has 0 spiro atoms. The summed E-state index contributed by atoms with van der Waals surface area (Å²) in [5.41, 5.74) is 1.47. The van der Waals surface area contributed by atoms with E-state index in [2.05, 4.69) is 0 Å². The van der Waals surface area contributed by atoms with Gasteiger partial charge in [-0.3, -0.25) is 4.79 Å². The van der Waals surface area contributed by atoms with Crippen LogP contribution in [0, 0.1) is 0 Å². The fourth-order valence-electron chi connectivity index (χ4n) is 1.49. The van der Waals surface area contributed by atoms with Crippen LogP contribution in [0.4, 0.5) is 0 Å². The van der Waals surface area contributed by atoms with Crippen molar-refractivity contribution in [3.63, 3.8) is 0 Å². The number of hydrogen-bond donors (Lipinski definition) is 2. The quantitative estimate of drug-likeness (QED) is 0.668. The Bertz CT molecular complexity index is 602. The lowest BCUT2D eigenvalue weighted by molar-refractivity contribution is -0.134. The molecule has 2 aromatic rings. The zero-order valence-corrected chi connectivity index (χ0v) is 11.5. The van der Waals surface area contributed by atoms with Crippen molar-refractivity contribution < 1.29 is 24.6 Å². The highest BCUT2D eigenvalue weighted by Gasteiger charge is 2.06. The van der Waals surface area contributed by atoms with Crippen LogP contribution < -0.4 is 0 Å². The summed E-state index contributed by atoms with van der Waals surface area (Å²) in [4.78, 5) is 31.0. The molecule has 0 heterocycles. The van der Waals surface area contributed by atoms with Crippen molar-refractivity contribution in [2.45, 2.75) is 0 Å². The fourth-order valence-corrected chi connectivity index (χ4v) is 1.49. The fraction of sp³-hybridized carbons (Fsp3) is 0. The molecule has 0 aliphatic rings. The number of carbonyl (C=O) groups excluding carboxylic acids is 1. The van der Waals surface area contributed by atoms with E-state index >= 15 is 0 Å². The summed E-state index contributed by atoms with van der Waals surface area (Å²) in [7, 11) is 0. The van der Waals surface area contributed by atoms with Crippen molar-refractivity contribution in [2.24, 2.45) is 0 Å². The number of carbonyl (C=O) groups is 3. The second kappa shape index (κ2) is 8.86. The van der Waals surface area contributed by atoms with Crippen molar-refractivity contribution in [1.29, 1.82) is 0 Å². The number of hydrogen-bond acceptors (Lipinski definition) is 3. The molecular weight excluding hydrogens is 284 g/mol. The number of rotatable bonds is 4. The van der Waals surface area contributed by atoms with Crippen LogP contribution in [0.2, 0.25) is 0 Å². The highest BCUT2D eigenvalue weighted by Crippen LogP contribution is 2.08. The van der Waals surface area contributed by atoms with E-state index in [1.165, 1.54) is 0 Å². The molecule has 22 heavy (non-hydrogen) atoms. The molecule has 0 bridgehead atoms. The van der Waals surface area contributed by atoms with Crippen molar-refractivity contribution >= 4 is 17.7 Å². The van der Waals surface area contributed by atoms with Crippen molar-refractivity contribution in [2.75, 3.05) is 0 Å². The van der Waals surface area contributed by atoms with Gasteiger partial charge in [0.2, 0.25) is 0 Å². The molecule has 0 aromatic heterocycles. The van der Waals surface area contributed by atoms with Crippen LogP contribution in [0.5, 0.6) is 0 Å². The third kappa shape index (κ3) is 6.29. The third-order valence-corrected chi connectivity index (χ3v) is 2.44. The third-order valence-electron chi connectivity index (χ3n) is 2.44. The highest BCUT2D eigenvalue weighted by atomic mass is 16.4. The first-order valence-corrected chi connectivity index (χ1v) is 6.29. The first-order valence-electron chi connectivity index (χ1n) is 6.29. The normalized spacial score (nSPS) is 9.64. The predicted octanol–water partition coefficient (Wildman–Crippen LogP) is 2.63. The number of benzene rings is 2. The van der Waals surface area contributed by atoms with E-state index < -0.39 is 11.9 Å². The average molecular weight is 298 g/mol. The lowest BCUT2D eigenvalue weighted by Gasteiger charge is -1.99. The molecule has 0 aliphatic carbocycles. The minimum atomic E-state index is -1.26. The van der Waals surface area contributed by atoms with E-state index in [4.69, 9.17) is 10.2 Å². The molecule has 5 nitrogen and oxygen atoms in total. The van der Waals surface area contributed by atoms with Crippen LogP contribution in [0.1, 0.15) is 15.9 Å². The van der Waals surface area contributed by atoms with Crippen molar-refractivity contribution in [1.82, 2.24) is 0 Å². The van der Waals surface area contributed by atoms with Gasteiger partial charge in [0.1, 0.15) is 0 Å². The van der Waals surface area contributed by atoms with E-state index in [1.807, 2.05) is 60.7 Å². The Morgan fingerprint density at radius 1 is 0.636 bits per heavy atom. The topological polar surface area (TPSA) is 91.7 Å². The molecule has 0 aliphatic heterocycles. The van der Waals surface area contributed by atoms with Gasteiger partial charge in [-0.2, -0.15) is 0 Å². The average Bonchev–Trinajstić information content (AvgIpc) is 2.54. The molecule has 112 valence electrons. The van der Waals surface area contributed by atoms with Gasteiger partial charge in [-0.25, -0.2) is 9.59 Å². The van der Waals surface area contributed by atoms with Gasteiger partial charge in [0.15, 0.2) is 5.78 Å². The minimum absolute atomic E-state index is 0.0752. The standard InChI is InChI=1S/C13H10O.C4H4O4/c14-13(11-7-3-1-4-8-11)12-9-5-2-6-10-12;5-3(6)1-2-4(7)8/h1-10H;1-2H,(H,5,6)(H,7,8)/b;2-1-. The van der Waals surface area contributed by atoms with Gasteiger partial charge in [-0.05, 0) is 0 Å². The summed E-state index contributed by atoms with van der Waals surface area (Å²) < 4.78 is 0. The maximum absolute atomic E-state index is 11.8. The SMILES string of the molecule is O=C(O)/C=C\C(=O)O.O=C(c1ccccc1)c1ccccc1. The molecule has 2 rings (SSSR count). The van der Waals surface area contributed by atoms with Crippen LogP contribution in [0.15, 0.2) is 72.8 Å². The number of ketones is 1. The summed E-state index contributed by atoms with van der Waals surface area (Å²) in [5, 5.41) is 15.6. The Morgan fingerprint density at radius 3 is 1.23 bits per heavy atom. The Balaban J connectivity index is 0.000000261. The van der Waals surface area contributed by atoms with Gasteiger partial charge in [-0.1, -0.05) is 60.7 Å². The van der Waals surface area contributed by atoms with Crippen molar-refractivity contribution in [3.8, 4) is 0 Å². The van der Waals surface area contributed by atoms with E-state index in [0.717, 1.165) is 11.1 Å². The lowest BCUT2D eigenvalue weighted by atomic mass is 10.0. The molecule has 0 fully saturated rings. The molecule has 5 heteroatoms. The molecule has 0 amide bonds. The molecule has 2 aromatic carbocycles. The van der Waals surface area contributed by atoms with Crippen LogP contribution in [0.25, 0.3) is 0 Å². The molecule has 0 saturated carbocycles. The van der Waals surface area contributed by atoms with Gasteiger partial charge >= 0.3 is 11.9 Å². The molecular formula is C17H14O5. The van der Waals surface area contributed by atoms with Crippen LogP contribution in [-0.4, -0.2) is 27.9 Å². The van der Waals surface area contributed by atoms with Crippen LogP contribution in [-0.2, 0) is 9.59 Å². The Morgan fingerprint density at radius 2 is 0.955 bits per heavy atom. The van der Waals surface area contributed by atoms with Crippen molar-refractivity contribution in [3.05, 3.63) is 83.9 Å². The molecule has 0 radical (unpaired) electrons. The minimum Gasteiger partial charge on any atom is -0.478 e. The van der Waals surface area contributed by atoms with Crippen LogP contribution >= 0.6 is 0 Å². The van der Waals surface area contributed by atoms with E-state index in [9.17, 15) is 14.4 Å². The number of aliphatic carboxylic acids is 2. The molecule has 2 N–H and O–H groups in total. The molecule has 0 unspecified atom stereocenters. The second-order valence-corrected chi connectivity index (χ2v) is 4.07. The monoisotopic (exact) mass is 298 g/mol. The predicted molar refractivity (Wildman–Crippen MR) is 80.7 cm³/mol. The Kier molecular flexibility index (Phi) is 6.78. The zero-order valence-electron chi connectivity index (χ0n) is 11.5. The van der Waals surface area contributed by atoms with Gasteiger partial charge in [0, 0.05) is 23.3 Å². The van der Waals surface area contributed by atoms with Crippen LogP contribution in [0.3, 0.4) is 0 Å². The summed E-state index contributed by atoms with van der Waals surface area (Å²) in [5.74, 6) is -2.44. The van der Waals surface area contributed by atoms with Gasteiger partial charge in [0.05, 0.1) is 0 Å². The highest BCUT2D eigenvalue weighted by molar-refractivity contribution is 6.08. The maximum atomic E-state index is 11.8. The zero-order chi connectivity index (χ0) is 16.4. The molecule has 0 atom stereocenters. The first kappa shape index (κ1) is 16.8. The Labute approximate surface area is 127 Å². The molecule has 0 saturated heterocycles. The Hall–Kier alpha value is -3.21. The first-order chi connectivity index (χ1) is 10.5. The van der Waals surface area contributed by atoms with Gasteiger partial charge < -0.3 is 10.2 Å². The van der Waals surface area contributed by atoms with Gasteiger partial charge in [-0.15, -0.1) is 0 Å². The van der Waals surface area contributed by atoms with Gasteiger partial charge in [0.25, 0.3) is 0 Å². The summed E-state index contributed by atoms with van der Waals surface area (Å²) in [6.07, 6.45) is 1.12. The van der Waals surface area contributed by atoms with E-state index in [-0.39, 0.29) is 5.78 Å². The number of carboxylic acid groups (broad SMARTS) is 2. The lowest BCUT2D eigenvalue weighted by Crippen LogP contribution is -1.99. The van der Waals surface area contributed by atoms with E-state index in [0.29, 0.717) is 12.2 Å². The summed E-state index contributed by atoms with van der Waals surface area (Å²) in [6.45, 7) is 0. The summed E-state index contributed by atoms with van der Waals surface area (Å²) >= 11 is 0. The summed E-state index contributed by atoms with van der Waals surface area (Å²) in [6, 6.07) is 18.6. The van der Waals surface area contributed by atoms with E-state index in [1.54, 1.807) is 0 Å². The largest absolute Gasteiger partial charge is 0.478 e. The maximum Gasteiger partial charge on any atom is 0.328 e. The second-order valence-electron chi connectivity index (χ2n) is 4.07. The smallest absolute Gasteiger partial charge is 0.328 e. The number of carboxylic acids is 2.